The first kappa shape index (κ1) is 19.5. The molecule has 1 aromatic heterocycles. The van der Waals surface area contributed by atoms with E-state index >= 15 is 0 Å². The molecule has 0 unspecified atom stereocenters. The van der Waals surface area contributed by atoms with Gasteiger partial charge in [-0.3, -0.25) is 9.89 Å². The number of amides is 3. The molecule has 0 saturated carbocycles. The largest absolute Gasteiger partial charge is 0.398 e. The van der Waals surface area contributed by atoms with E-state index < -0.39 is 0 Å². The van der Waals surface area contributed by atoms with Gasteiger partial charge in [-0.25, -0.2) is 4.79 Å². The van der Waals surface area contributed by atoms with Crippen LogP contribution in [0.4, 0.5) is 16.2 Å². The van der Waals surface area contributed by atoms with Gasteiger partial charge in [0.25, 0.3) is 0 Å². The lowest BCUT2D eigenvalue weighted by atomic mass is 10.1. The fourth-order valence-corrected chi connectivity index (χ4v) is 3.51. The molecule has 8 nitrogen and oxygen atoms in total. The van der Waals surface area contributed by atoms with Gasteiger partial charge in [0, 0.05) is 49.9 Å². The van der Waals surface area contributed by atoms with Crippen molar-refractivity contribution in [1.82, 2.24) is 20.0 Å². The van der Waals surface area contributed by atoms with Crippen molar-refractivity contribution in [3.05, 3.63) is 53.7 Å². The summed E-state index contributed by atoms with van der Waals surface area (Å²) in [6.07, 6.45) is 3.82. The maximum absolute atomic E-state index is 12.5. The molecule has 4 rings (SSSR count). The number of carbonyl (C=O) groups excluding carboxylic acids is 2. The first-order valence-corrected chi connectivity index (χ1v) is 9.83. The second-order valence-electron chi connectivity index (χ2n) is 7.25. The predicted octanol–water partition coefficient (Wildman–Crippen LogP) is 3.01. The Hall–Kier alpha value is -3.81. The highest BCUT2D eigenvalue weighted by molar-refractivity contribution is 5.92. The van der Waals surface area contributed by atoms with Crippen LogP contribution in [0, 0.1) is 0 Å². The normalized spacial score (nSPS) is 14.4. The third-order valence-corrected chi connectivity index (χ3v) is 5.27. The Kier molecular flexibility index (Phi) is 5.38. The van der Waals surface area contributed by atoms with Gasteiger partial charge in [0.2, 0.25) is 5.91 Å². The summed E-state index contributed by atoms with van der Waals surface area (Å²) in [7, 11) is 0. The number of rotatable bonds is 3. The Bertz CT molecular complexity index is 1110. The number of nitrogens with one attached hydrogen (secondary N) is 2. The van der Waals surface area contributed by atoms with Gasteiger partial charge in [0.15, 0.2) is 0 Å². The van der Waals surface area contributed by atoms with Crippen LogP contribution < -0.4 is 11.1 Å². The van der Waals surface area contributed by atoms with Gasteiger partial charge in [-0.1, -0.05) is 30.3 Å². The Morgan fingerprint density at radius 2 is 1.80 bits per heavy atom. The Morgan fingerprint density at radius 3 is 2.53 bits per heavy atom. The summed E-state index contributed by atoms with van der Waals surface area (Å²) in [5, 5.41) is 11.3. The van der Waals surface area contributed by atoms with Crippen LogP contribution in [-0.4, -0.2) is 58.1 Å². The zero-order valence-electron chi connectivity index (χ0n) is 16.8. The molecule has 1 fully saturated rings. The minimum absolute atomic E-state index is 0.0364. The molecule has 1 aliphatic heterocycles. The first-order valence-electron chi connectivity index (χ1n) is 9.83. The lowest BCUT2D eigenvalue weighted by Crippen LogP contribution is -2.51. The lowest BCUT2D eigenvalue weighted by Gasteiger charge is -2.34. The predicted molar refractivity (Wildman–Crippen MR) is 119 cm³/mol. The van der Waals surface area contributed by atoms with Crippen molar-refractivity contribution in [3.63, 3.8) is 0 Å². The molecule has 154 valence electrons. The highest BCUT2D eigenvalue weighted by Gasteiger charge is 2.22. The van der Waals surface area contributed by atoms with Crippen molar-refractivity contribution in [2.24, 2.45) is 0 Å². The number of aromatic amines is 1. The van der Waals surface area contributed by atoms with Gasteiger partial charge in [0.1, 0.15) is 0 Å². The quantitative estimate of drug-likeness (QED) is 0.583. The van der Waals surface area contributed by atoms with Gasteiger partial charge in [-0.2, -0.15) is 5.10 Å². The third-order valence-electron chi connectivity index (χ3n) is 5.27. The van der Waals surface area contributed by atoms with Gasteiger partial charge in [0.05, 0.1) is 11.2 Å². The lowest BCUT2D eigenvalue weighted by molar-refractivity contribution is -0.130. The van der Waals surface area contributed by atoms with Crippen molar-refractivity contribution >= 4 is 46.4 Å². The number of hydrogen-bond donors (Lipinski definition) is 3. The summed E-state index contributed by atoms with van der Waals surface area (Å²) in [6, 6.07) is 13.2. The Morgan fingerprint density at radius 1 is 1.07 bits per heavy atom. The summed E-state index contributed by atoms with van der Waals surface area (Å²) in [5.74, 6) is 0.0364. The maximum atomic E-state index is 12.5. The number of nitrogen functional groups attached to an aromatic ring is 1. The summed E-state index contributed by atoms with van der Waals surface area (Å²) >= 11 is 0. The molecule has 2 aromatic carbocycles. The van der Waals surface area contributed by atoms with E-state index in [0.29, 0.717) is 37.6 Å². The molecule has 1 saturated heterocycles. The summed E-state index contributed by atoms with van der Waals surface area (Å²) in [4.78, 5) is 27.3. The molecule has 3 amide bonds. The van der Waals surface area contributed by atoms with Crippen LogP contribution in [0.15, 0.2) is 42.5 Å². The summed E-state index contributed by atoms with van der Waals surface area (Å²) in [5.41, 5.74) is 10.0. The smallest absolute Gasteiger partial charge is 0.321 e. The number of piperazine rings is 1. The summed E-state index contributed by atoms with van der Waals surface area (Å²) < 4.78 is 0. The Labute approximate surface area is 174 Å². The first-order chi connectivity index (χ1) is 14.5. The van der Waals surface area contributed by atoms with Crippen LogP contribution in [0.5, 0.6) is 0 Å². The fourth-order valence-electron chi connectivity index (χ4n) is 3.51. The van der Waals surface area contributed by atoms with Crippen LogP contribution in [0.3, 0.4) is 0 Å². The number of para-hydroxylation sites is 1. The molecule has 4 N–H and O–H groups in total. The topological polar surface area (TPSA) is 107 Å². The molecular weight excluding hydrogens is 380 g/mol. The van der Waals surface area contributed by atoms with E-state index in [4.69, 9.17) is 5.73 Å². The number of benzene rings is 2. The van der Waals surface area contributed by atoms with Gasteiger partial charge < -0.3 is 20.9 Å². The van der Waals surface area contributed by atoms with Crippen LogP contribution in [0.2, 0.25) is 0 Å². The minimum atomic E-state index is -0.191. The number of carbonyl (C=O) groups is 2. The van der Waals surface area contributed by atoms with E-state index in [9.17, 15) is 9.59 Å². The molecule has 3 aromatic rings. The average Bonchev–Trinajstić information content (AvgIpc) is 3.16. The number of nitrogens with two attached hydrogens (primary N) is 1. The van der Waals surface area contributed by atoms with Gasteiger partial charge >= 0.3 is 6.03 Å². The maximum Gasteiger partial charge on any atom is 0.321 e. The van der Waals surface area contributed by atoms with Gasteiger partial charge in [-0.05, 0) is 29.8 Å². The molecular formula is C22H24N6O2. The van der Waals surface area contributed by atoms with E-state index in [2.05, 4.69) is 15.5 Å². The highest BCUT2D eigenvalue weighted by atomic mass is 16.2. The highest BCUT2D eigenvalue weighted by Crippen LogP contribution is 2.22. The standard InChI is InChI=1S/C22H24N6O2/c1-15(29)27-10-12-28(13-11-27)22(30)24-17-8-6-16(19(23)14-17)7-9-21-18-4-2-3-5-20(18)25-26-21/h2-9,14H,10-13,23H2,1H3,(H,24,30)(H,25,26)/b9-7+. The SMILES string of the molecule is CC(=O)N1CCN(C(=O)Nc2ccc(/C=C/c3n[nH]c4ccccc34)c(N)c2)CC1. The Balaban J connectivity index is 1.41. The third kappa shape index (κ3) is 4.12. The van der Waals surface area contributed by atoms with Crippen molar-refractivity contribution in [1.29, 1.82) is 0 Å². The van der Waals surface area contributed by atoms with E-state index in [-0.39, 0.29) is 11.9 Å². The van der Waals surface area contributed by atoms with E-state index in [0.717, 1.165) is 22.2 Å². The van der Waals surface area contributed by atoms with Crippen LogP contribution in [0.1, 0.15) is 18.2 Å². The monoisotopic (exact) mass is 404 g/mol. The van der Waals surface area contributed by atoms with E-state index in [1.807, 2.05) is 48.6 Å². The van der Waals surface area contributed by atoms with Crippen molar-refractivity contribution < 1.29 is 9.59 Å². The van der Waals surface area contributed by atoms with Gasteiger partial charge in [-0.15, -0.1) is 0 Å². The van der Waals surface area contributed by atoms with E-state index in [1.165, 1.54) is 0 Å². The minimum Gasteiger partial charge on any atom is -0.398 e. The number of nitrogens with zero attached hydrogens (tertiary/aromatic N) is 3. The number of fused-ring (bicyclic) bond motifs is 1. The molecule has 0 bridgehead atoms. The number of urea groups is 1. The molecule has 0 aliphatic carbocycles. The average molecular weight is 404 g/mol. The molecule has 2 heterocycles. The number of H-pyrrole nitrogens is 1. The van der Waals surface area contributed by atoms with E-state index in [1.54, 1.807) is 22.8 Å². The number of aromatic nitrogens is 2. The molecule has 0 atom stereocenters. The zero-order chi connectivity index (χ0) is 21.1. The molecule has 30 heavy (non-hydrogen) atoms. The number of hydrogen-bond acceptors (Lipinski definition) is 4. The second-order valence-corrected chi connectivity index (χ2v) is 7.25. The van der Waals surface area contributed by atoms with Crippen LogP contribution in [-0.2, 0) is 4.79 Å². The zero-order valence-corrected chi connectivity index (χ0v) is 16.8. The van der Waals surface area contributed by atoms with Crippen LogP contribution in [0.25, 0.3) is 23.1 Å². The molecule has 1 aliphatic rings. The molecule has 0 spiro atoms. The fraction of sp³-hybridized carbons (Fsp3) is 0.227. The summed E-state index contributed by atoms with van der Waals surface area (Å²) in [6.45, 7) is 3.68. The van der Waals surface area contributed by atoms with Crippen molar-refractivity contribution in [2.45, 2.75) is 6.92 Å². The van der Waals surface area contributed by atoms with Crippen molar-refractivity contribution in [2.75, 3.05) is 37.2 Å². The van der Waals surface area contributed by atoms with Crippen LogP contribution >= 0.6 is 0 Å². The van der Waals surface area contributed by atoms with Crippen molar-refractivity contribution in [3.8, 4) is 0 Å². The molecule has 8 heteroatoms. The molecule has 0 radical (unpaired) electrons. The number of anilines is 2. The second kappa shape index (κ2) is 8.28.